The van der Waals surface area contributed by atoms with Crippen LogP contribution in [0.15, 0.2) is 0 Å². The van der Waals surface area contributed by atoms with Crippen molar-refractivity contribution in [2.24, 2.45) is 11.7 Å². The number of nitrogens with two attached hydrogens (primary N) is 1. The third kappa shape index (κ3) is 2.73. The largest absolute Gasteiger partial charge is 0.381 e. The third-order valence-corrected chi connectivity index (χ3v) is 2.40. The van der Waals surface area contributed by atoms with Crippen LogP contribution < -0.4 is 5.73 Å². The lowest BCUT2D eigenvalue weighted by atomic mass is 9.94. The van der Waals surface area contributed by atoms with Gasteiger partial charge in [0.1, 0.15) is 0 Å². The Morgan fingerprint density at radius 1 is 1.50 bits per heavy atom. The Morgan fingerprint density at radius 2 is 2.17 bits per heavy atom. The average Bonchev–Trinajstić information content (AvgIpc) is 2.15. The fourth-order valence-corrected chi connectivity index (χ4v) is 1.70. The van der Waals surface area contributed by atoms with Crippen molar-refractivity contribution in [1.82, 2.24) is 0 Å². The SMILES string of the molecule is CCOC(CN)C1CCOCC1. The van der Waals surface area contributed by atoms with Gasteiger partial charge in [-0.05, 0) is 25.7 Å². The first kappa shape index (κ1) is 9.96. The third-order valence-electron chi connectivity index (χ3n) is 2.40. The van der Waals surface area contributed by atoms with Crippen LogP contribution in [0.25, 0.3) is 0 Å². The van der Waals surface area contributed by atoms with E-state index in [1.807, 2.05) is 6.92 Å². The van der Waals surface area contributed by atoms with Gasteiger partial charge in [-0.3, -0.25) is 0 Å². The van der Waals surface area contributed by atoms with E-state index in [1.165, 1.54) is 0 Å². The molecule has 1 heterocycles. The van der Waals surface area contributed by atoms with Crippen molar-refractivity contribution in [2.75, 3.05) is 26.4 Å². The highest BCUT2D eigenvalue weighted by atomic mass is 16.5. The number of hydrogen-bond acceptors (Lipinski definition) is 3. The summed E-state index contributed by atoms with van der Waals surface area (Å²) < 4.78 is 10.8. The summed E-state index contributed by atoms with van der Waals surface area (Å²) in [5.74, 6) is 0.615. The molecule has 0 amide bonds. The maximum Gasteiger partial charge on any atom is 0.0726 e. The highest BCUT2D eigenvalue weighted by Crippen LogP contribution is 2.20. The number of ether oxygens (including phenoxy) is 2. The molecular weight excluding hydrogens is 154 g/mol. The zero-order chi connectivity index (χ0) is 8.81. The fourth-order valence-electron chi connectivity index (χ4n) is 1.70. The standard InChI is InChI=1S/C9H19NO2/c1-2-12-9(7-10)8-3-5-11-6-4-8/h8-9H,2-7,10H2,1H3. The second-order valence-electron chi connectivity index (χ2n) is 3.18. The van der Waals surface area contributed by atoms with Crippen LogP contribution in [-0.2, 0) is 9.47 Å². The molecule has 12 heavy (non-hydrogen) atoms. The van der Waals surface area contributed by atoms with Crippen LogP contribution in [0.2, 0.25) is 0 Å². The molecule has 1 aliphatic heterocycles. The van der Waals surface area contributed by atoms with E-state index in [0.717, 1.165) is 32.7 Å². The van der Waals surface area contributed by atoms with Gasteiger partial charge in [0.25, 0.3) is 0 Å². The molecule has 1 saturated heterocycles. The molecule has 0 aliphatic carbocycles. The second kappa shape index (κ2) is 5.51. The van der Waals surface area contributed by atoms with Gasteiger partial charge >= 0.3 is 0 Å². The first-order chi connectivity index (χ1) is 5.88. The Kier molecular flexibility index (Phi) is 4.58. The van der Waals surface area contributed by atoms with Gasteiger partial charge in [-0.15, -0.1) is 0 Å². The quantitative estimate of drug-likeness (QED) is 0.683. The Labute approximate surface area is 74.2 Å². The smallest absolute Gasteiger partial charge is 0.0726 e. The van der Waals surface area contributed by atoms with Crippen molar-refractivity contribution < 1.29 is 9.47 Å². The van der Waals surface area contributed by atoms with E-state index in [2.05, 4.69) is 0 Å². The zero-order valence-electron chi connectivity index (χ0n) is 7.79. The average molecular weight is 173 g/mol. The molecule has 1 aliphatic rings. The Balaban J connectivity index is 2.29. The second-order valence-corrected chi connectivity index (χ2v) is 3.18. The molecule has 1 fully saturated rings. The molecule has 1 unspecified atom stereocenters. The van der Waals surface area contributed by atoms with Gasteiger partial charge in [0.15, 0.2) is 0 Å². The van der Waals surface area contributed by atoms with E-state index in [4.69, 9.17) is 15.2 Å². The Morgan fingerprint density at radius 3 is 2.67 bits per heavy atom. The van der Waals surface area contributed by atoms with Gasteiger partial charge in [0.05, 0.1) is 6.10 Å². The first-order valence-electron chi connectivity index (χ1n) is 4.78. The van der Waals surface area contributed by atoms with Crippen molar-refractivity contribution in [2.45, 2.75) is 25.9 Å². The summed E-state index contributed by atoms with van der Waals surface area (Å²) in [5.41, 5.74) is 5.62. The minimum atomic E-state index is 0.249. The summed E-state index contributed by atoms with van der Waals surface area (Å²) in [6.07, 6.45) is 2.45. The lowest BCUT2D eigenvalue weighted by Gasteiger charge is -2.29. The summed E-state index contributed by atoms with van der Waals surface area (Å²) in [6.45, 7) is 5.15. The van der Waals surface area contributed by atoms with Crippen LogP contribution in [0, 0.1) is 5.92 Å². The topological polar surface area (TPSA) is 44.5 Å². The summed E-state index contributed by atoms with van der Waals surface area (Å²) >= 11 is 0. The van der Waals surface area contributed by atoms with Crippen molar-refractivity contribution in [3.05, 3.63) is 0 Å². The maximum atomic E-state index is 5.62. The van der Waals surface area contributed by atoms with E-state index < -0.39 is 0 Å². The minimum Gasteiger partial charge on any atom is -0.381 e. The molecule has 0 bridgehead atoms. The molecule has 3 heteroatoms. The normalized spacial score (nSPS) is 22.5. The Hall–Kier alpha value is -0.120. The predicted molar refractivity (Wildman–Crippen MR) is 48.0 cm³/mol. The van der Waals surface area contributed by atoms with Crippen LogP contribution in [0.3, 0.4) is 0 Å². The monoisotopic (exact) mass is 173 g/mol. The van der Waals surface area contributed by atoms with Crippen molar-refractivity contribution in [3.8, 4) is 0 Å². The van der Waals surface area contributed by atoms with E-state index in [0.29, 0.717) is 12.5 Å². The maximum absolute atomic E-state index is 5.62. The first-order valence-corrected chi connectivity index (χ1v) is 4.78. The molecule has 0 aromatic heterocycles. The van der Waals surface area contributed by atoms with Crippen LogP contribution in [0.1, 0.15) is 19.8 Å². The lowest BCUT2D eigenvalue weighted by Crippen LogP contribution is -2.35. The minimum absolute atomic E-state index is 0.249. The van der Waals surface area contributed by atoms with Crippen molar-refractivity contribution in [1.29, 1.82) is 0 Å². The molecule has 0 spiro atoms. The summed E-state index contributed by atoms with van der Waals surface area (Å²) in [6, 6.07) is 0. The molecule has 0 aromatic rings. The number of rotatable bonds is 4. The van der Waals surface area contributed by atoms with Crippen molar-refractivity contribution >= 4 is 0 Å². The molecule has 2 N–H and O–H groups in total. The summed E-state index contributed by atoms with van der Waals surface area (Å²) in [7, 11) is 0. The van der Waals surface area contributed by atoms with Gasteiger partial charge < -0.3 is 15.2 Å². The van der Waals surface area contributed by atoms with E-state index >= 15 is 0 Å². The fraction of sp³-hybridized carbons (Fsp3) is 1.00. The van der Waals surface area contributed by atoms with Crippen LogP contribution in [0.5, 0.6) is 0 Å². The zero-order valence-corrected chi connectivity index (χ0v) is 7.79. The van der Waals surface area contributed by atoms with Crippen molar-refractivity contribution in [3.63, 3.8) is 0 Å². The number of hydrogen-bond donors (Lipinski definition) is 1. The molecule has 3 nitrogen and oxygen atoms in total. The molecule has 0 radical (unpaired) electrons. The van der Waals surface area contributed by atoms with E-state index in [9.17, 15) is 0 Å². The molecular formula is C9H19NO2. The molecule has 1 atom stereocenters. The van der Waals surface area contributed by atoms with Crippen LogP contribution >= 0.6 is 0 Å². The highest BCUT2D eigenvalue weighted by Gasteiger charge is 2.22. The molecule has 1 rings (SSSR count). The summed E-state index contributed by atoms with van der Waals surface area (Å²) in [4.78, 5) is 0. The highest BCUT2D eigenvalue weighted by molar-refractivity contribution is 4.73. The predicted octanol–water partition coefficient (Wildman–Crippen LogP) is 0.777. The lowest BCUT2D eigenvalue weighted by molar-refractivity contribution is -0.0250. The van der Waals surface area contributed by atoms with Gasteiger partial charge in [-0.2, -0.15) is 0 Å². The molecule has 72 valence electrons. The molecule has 0 saturated carbocycles. The summed E-state index contributed by atoms with van der Waals surface area (Å²) in [5, 5.41) is 0. The van der Waals surface area contributed by atoms with E-state index in [1.54, 1.807) is 0 Å². The van der Waals surface area contributed by atoms with Crippen LogP contribution in [0.4, 0.5) is 0 Å². The Bertz CT molecular complexity index is 110. The van der Waals surface area contributed by atoms with E-state index in [-0.39, 0.29) is 6.10 Å². The van der Waals surface area contributed by atoms with Gasteiger partial charge in [-0.1, -0.05) is 0 Å². The van der Waals surface area contributed by atoms with Gasteiger partial charge in [0, 0.05) is 26.4 Å². The van der Waals surface area contributed by atoms with Gasteiger partial charge in [-0.25, -0.2) is 0 Å². The molecule has 0 aromatic carbocycles. The van der Waals surface area contributed by atoms with Gasteiger partial charge in [0.2, 0.25) is 0 Å². The van der Waals surface area contributed by atoms with Crippen LogP contribution in [-0.4, -0.2) is 32.5 Å².